The lowest BCUT2D eigenvalue weighted by molar-refractivity contribution is -0.140. The van der Waals surface area contributed by atoms with Crippen molar-refractivity contribution in [1.29, 1.82) is 0 Å². The average Bonchev–Trinajstić information content (AvgIpc) is 2.82. The minimum absolute atomic E-state index is 0.0767. The van der Waals surface area contributed by atoms with Crippen LogP contribution >= 0.6 is 11.6 Å². The fraction of sp³-hybridized carbons (Fsp3) is 0.417. The molecule has 0 aliphatic heterocycles. The maximum absolute atomic E-state index is 13.6. The molecule has 0 unspecified atom stereocenters. The van der Waals surface area contributed by atoms with Gasteiger partial charge in [-0.05, 0) is 54.8 Å². The van der Waals surface area contributed by atoms with E-state index in [0.717, 1.165) is 32.7 Å². The summed E-state index contributed by atoms with van der Waals surface area (Å²) in [4.78, 5) is 27.9. The highest BCUT2D eigenvalue weighted by Gasteiger charge is 2.33. The topological polar surface area (TPSA) is 90.0 Å². The van der Waals surface area contributed by atoms with Gasteiger partial charge >= 0.3 is 10.2 Å². The lowest BCUT2D eigenvalue weighted by Crippen LogP contribution is -2.53. The second-order valence-electron chi connectivity index (χ2n) is 8.14. The van der Waals surface area contributed by atoms with Gasteiger partial charge in [0.05, 0.1) is 5.69 Å². The van der Waals surface area contributed by atoms with Gasteiger partial charge in [-0.25, -0.2) is 8.70 Å². The Kier molecular flexibility index (Phi) is 10.5. The second-order valence-corrected chi connectivity index (χ2v) is 10.6. The summed E-state index contributed by atoms with van der Waals surface area (Å²) < 4.78 is 41.5. The highest BCUT2D eigenvalue weighted by Crippen LogP contribution is 2.22. The number of amides is 2. The van der Waals surface area contributed by atoms with Crippen LogP contribution in [0.3, 0.4) is 0 Å². The van der Waals surface area contributed by atoms with Gasteiger partial charge in [-0.1, -0.05) is 37.6 Å². The zero-order valence-electron chi connectivity index (χ0n) is 20.4. The third-order valence-electron chi connectivity index (χ3n) is 5.33. The fourth-order valence-electron chi connectivity index (χ4n) is 3.40. The van der Waals surface area contributed by atoms with E-state index in [-0.39, 0.29) is 18.1 Å². The standard InChI is InChI=1S/C24H32ClFN4O4S/c1-5-15-27-24(32)22(6-2)29(16-18-7-9-19(25)10-8-18)23(31)17-30(35(33,34)28(3)4)21-13-11-20(26)12-14-21/h7-14,22H,5-6,15-17H2,1-4H3,(H,27,32)/t22-/m0/s1. The monoisotopic (exact) mass is 526 g/mol. The van der Waals surface area contributed by atoms with Crippen molar-refractivity contribution < 1.29 is 22.4 Å². The van der Waals surface area contributed by atoms with Gasteiger partial charge in [0.15, 0.2) is 0 Å². The predicted octanol–water partition coefficient (Wildman–Crippen LogP) is 3.43. The number of carbonyl (C=O) groups excluding carboxylic acids is 2. The minimum atomic E-state index is -4.10. The van der Waals surface area contributed by atoms with Crippen LogP contribution in [0.2, 0.25) is 5.02 Å². The smallest absolute Gasteiger partial charge is 0.304 e. The van der Waals surface area contributed by atoms with Crippen LogP contribution in [0.25, 0.3) is 0 Å². The summed E-state index contributed by atoms with van der Waals surface area (Å²) in [6.07, 6.45) is 1.05. The first-order valence-electron chi connectivity index (χ1n) is 11.3. The molecule has 1 N–H and O–H groups in total. The van der Waals surface area contributed by atoms with Crippen molar-refractivity contribution in [3.63, 3.8) is 0 Å². The molecule has 0 aliphatic carbocycles. The molecule has 11 heteroatoms. The number of carbonyl (C=O) groups is 2. The molecule has 0 heterocycles. The lowest BCUT2D eigenvalue weighted by Gasteiger charge is -2.34. The molecule has 0 spiro atoms. The highest BCUT2D eigenvalue weighted by atomic mass is 35.5. The zero-order valence-corrected chi connectivity index (χ0v) is 21.9. The SMILES string of the molecule is CCCNC(=O)[C@H](CC)N(Cc1ccc(Cl)cc1)C(=O)CN(c1ccc(F)cc1)S(=O)(=O)N(C)C. The van der Waals surface area contributed by atoms with E-state index < -0.39 is 34.5 Å². The third-order valence-corrected chi connectivity index (χ3v) is 7.41. The molecule has 2 aromatic rings. The van der Waals surface area contributed by atoms with Crippen LogP contribution in [-0.2, 0) is 26.3 Å². The molecular formula is C24H32ClFN4O4S. The first-order chi connectivity index (χ1) is 16.5. The molecule has 192 valence electrons. The first-order valence-corrected chi connectivity index (χ1v) is 13.1. The maximum Gasteiger partial charge on any atom is 0.304 e. The van der Waals surface area contributed by atoms with Crippen molar-refractivity contribution in [2.24, 2.45) is 0 Å². The van der Waals surface area contributed by atoms with E-state index >= 15 is 0 Å². The van der Waals surface area contributed by atoms with E-state index in [4.69, 9.17) is 11.6 Å². The quantitative estimate of drug-likeness (QED) is 0.459. The van der Waals surface area contributed by atoms with Crippen molar-refractivity contribution >= 4 is 39.3 Å². The van der Waals surface area contributed by atoms with E-state index in [1.165, 1.54) is 31.1 Å². The molecule has 0 saturated carbocycles. The normalized spacial score (nSPS) is 12.3. The van der Waals surface area contributed by atoms with Gasteiger partial charge in [-0.15, -0.1) is 0 Å². The molecule has 0 fully saturated rings. The third kappa shape index (κ3) is 7.65. The van der Waals surface area contributed by atoms with E-state index in [2.05, 4.69) is 5.32 Å². The Labute approximate surface area is 211 Å². The summed E-state index contributed by atoms with van der Waals surface area (Å²) in [6, 6.07) is 10.9. The van der Waals surface area contributed by atoms with Gasteiger partial charge in [0.2, 0.25) is 11.8 Å². The van der Waals surface area contributed by atoms with E-state index in [1.54, 1.807) is 31.2 Å². The number of halogens is 2. The molecule has 35 heavy (non-hydrogen) atoms. The van der Waals surface area contributed by atoms with E-state index in [0.29, 0.717) is 18.0 Å². The number of hydrogen-bond acceptors (Lipinski definition) is 4. The molecule has 0 saturated heterocycles. The number of benzene rings is 2. The second kappa shape index (κ2) is 12.9. The lowest BCUT2D eigenvalue weighted by atomic mass is 10.1. The summed E-state index contributed by atoms with van der Waals surface area (Å²) in [6.45, 7) is 3.66. The number of nitrogens with one attached hydrogen (secondary N) is 1. The Hall–Kier alpha value is -2.69. The molecule has 8 nitrogen and oxygen atoms in total. The largest absolute Gasteiger partial charge is 0.354 e. The highest BCUT2D eigenvalue weighted by molar-refractivity contribution is 7.90. The Morgan fingerprint density at radius 2 is 1.63 bits per heavy atom. The molecule has 0 aromatic heterocycles. The van der Waals surface area contributed by atoms with Crippen LogP contribution in [0.4, 0.5) is 10.1 Å². The molecule has 0 bridgehead atoms. The molecule has 2 amide bonds. The van der Waals surface area contributed by atoms with Crippen LogP contribution in [0.1, 0.15) is 32.3 Å². The number of nitrogens with zero attached hydrogens (tertiary/aromatic N) is 3. The molecule has 2 aromatic carbocycles. The predicted molar refractivity (Wildman–Crippen MR) is 136 cm³/mol. The summed E-state index contributed by atoms with van der Waals surface area (Å²) in [5, 5.41) is 3.34. The Morgan fingerprint density at radius 1 is 1.03 bits per heavy atom. The van der Waals surface area contributed by atoms with Crippen molar-refractivity contribution in [1.82, 2.24) is 14.5 Å². The number of rotatable bonds is 12. The Balaban J connectivity index is 2.46. The van der Waals surface area contributed by atoms with Gasteiger partial charge in [-0.2, -0.15) is 12.7 Å². The van der Waals surface area contributed by atoms with Crippen molar-refractivity contribution in [3.05, 3.63) is 64.9 Å². The van der Waals surface area contributed by atoms with Gasteiger partial charge in [0.1, 0.15) is 18.4 Å². The average molecular weight is 527 g/mol. The fourth-order valence-corrected chi connectivity index (χ4v) is 4.58. The van der Waals surface area contributed by atoms with E-state index in [1.807, 2.05) is 6.92 Å². The summed E-state index contributed by atoms with van der Waals surface area (Å²) in [7, 11) is -1.42. The zero-order chi connectivity index (χ0) is 26.2. The molecule has 1 atom stereocenters. The van der Waals surface area contributed by atoms with Crippen molar-refractivity contribution in [2.45, 2.75) is 39.3 Å². The van der Waals surface area contributed by atoms with Gasteiger partial charge < -0.3 is 10.2 Å². The van der Waals surface area contributed by atoms with Gasteiger partial charge in [-0.3, -0.25) is 9.59 Å². The van der Waals surface area contributed by atoms with Crippen LogP contribution in [-0.4, -0.2) is 62.7 Å². The Morgan fingerprint density at radius 3 is 2.14 bits per heavy atom. The maximum atomic E-state index is 13.6. The first kappa shape index (κ1) is 28.5. The van der Waals surface area contributed by atoms with Crippen LogP contribution < -0.4 is 9.62 Å². The van der Waals surface area contributed by atoms with Crippen molar-refractivity contribution in [3.8, 4) is 0 Å². The van der Waals surface area contributed by atoms with Crippen LogP contribution in [0.5, 0.6) is 0 Å². The van der Waals surface area contributed by atoms with Crippen molar-refractivity contribution in [2.75, 3.05) is 31.5 Å². The van der Waals surface area contributed by atoms with Gasteiger partial charge in [0, 0.05) is 32.2 Å². The molecule has 0 radical (unpaired) electrons. The molecular weight excluding hydrogens is 495 g/mol. The van der Waals surface area contributed by atoms with Gasteiger partial charge in [0.25, 0.3) is 0 Å². The van der Waals surface area contributed by atoms with Crippen LogP contribution in [0.15, 0.2) is 48.5 Å². The molecule has 2 rings (SSSR count). The summed E-state index contributed by atoms with van der Waals surface area (Å²) >= 11 is 5.99. The van der Waals surface area contributed by atoms with Crippen LogP contribution in [0, 0.1) is 5.82 Å². The summed E-state index contributed by atoms with van der Waals surface area (Å²) in [5.74, 6) is -1.43. The number of hydrogen-bond donors (Lipinski definition) is 1. The number of anilines is 1. The Bertz CT molecular complexity index is 1100. The minimum Gasteiger partial charge on any atom is -0.354 e. The van der Waals surface area contributed by atoms with E-state index in [9.17, 15) is 22.4 Å². The summed E-state index contributed by atoms with van der Waals surface area (Å²) in [5.41, 5.74) is 0.858. The molecule has 0 aliphatic rings.